The molecule has 0 amide bonds. The molecule has 0 aliphatic rings. The lowest BCUT2D eigenvalue weighted by atomic mass is 9.96. The number of hydrogen-bond acceptors (Lipinski definition) is 2. The Morgan fingerprint density at radius 3 is 2.44 bits per heavy atom. The second-order valence-corrected chi connectivity index (χ2v) is 5.04. The van der Waals surface area contributed by atoms with Crippen molar-refractivity contribution in [3.63, 3.8) is 0 Å². The molecule has 1 N–H and O–H groups in total. The normalized spacial score (nSPS) is 12.5. The number of methoxy groups -OCH3 is 1. The molecule has 18 heavy (non-hydrogen) atoms. The van der Waals surface area contributed by atoms with Gasteiger partial charge < -0.3 is 9.84 Å². The first-order chi connectivity index (χ1) is 8.60. The fourth-order valence-corrected chi connectivity index (χ4v) is 2.31. The summed E-state index contributed by atoms with van der Waals surface area (Å²) in [5.74, 6) is 0.898. The van der Waals surface area contributed by atoms with Crippen LogP contribution in [0.3, 0.4) is 0 Å². The molecule has 0 radical (unpaired) electrons. The molecule has 0 aliphatic heterocycles. The number of hydrogen-bond donors (Lipinski definition) is 1. The third-order valence-electron chi connectivity index (χ3n) is 3.47. The fraction of sp³-hybridized carbons (Fsp3) is 0.625. The zero-order chi connectivity index (χ0) is 13.5. The summed E-state index contributed by atoms with van der Waals surface area (Å²) in [6, 6.07) is 4.07. The smallest absolute Gasteiger partial charge is 0.122 e. The van der Waals surface area contributed by atoms with Gasteiger partial charge in [-0.2, -0.15) is 0 Å². The van der Waals surface area contributed by atoms with E-state index in [9.17, 15) is 5.11 Å². The molecule has 0 fully saturated rings. The van der Waals surface area contributed by atoms with E-state index in [0.717, 1.165) is 35.3 Å². The van der Waals surface area contributed by atoms with Crippen LogP contribution in [-0.2, 0) is 0 Å². The highest BCUT2D eigenvalue weighted by atomic mass is 16.5. The Morgan fingerprint density at radius 1 is 1.11 bits per heavy atom. The van der Waals surface area contributed by atoms with Gasteiger partial charge in [-0.3, -0.25) is 0 Å². The van der Waals surface area contributed by atoms with Crippen LogP contribution in [0.4, 0.5) is 0 Å². The van der Waals surface area contributed by atoms with E-state index in [1.165, 1.54) is 19.3 Å². The lowest BCUT2D eigenvalue weighted by molar-refractivity contribution is 0.162. The Kier molecular flexibility index (Phi) is 6.20. The molecule has 0 heterocycles. The number of ether oxygens (including phenoxy) is 1. The molecular weight excluding hydrogens is 224 g/mol. The van der Waals surface area contributed by atoms with Crippen LogP contribution in [0.2, 0.25) is 0 Å². The van der Waals surface area contributed by atoms with Gasteiger partial charge in [0.1, 0.15) is 5.75 Å². The van der Waals surface area contributed by atoms with Crippen molar-refractivity contribution >= 4 is 0 Å². The first-order valence-electron chi connectivity index (χ1n) is 6.93. The molecule has 1 aromatic carbocycles. The van der Waals surface area contributed by atoms with Crippen LogP contribution in [0, 0.1) is 13.8 Å². The van der Waals surface area contributed by atoms with Crippen molar-refractivity contribution in [2.45, 2.75) is 59.0 Å². The van der Waals surface area contributed by atoms with Gasteiger partial charge in [-0.15, -0.1) is 0 Å². The molecule has 1 aromatic rings. The van der Waals surface area contributed by atoms with Crippen molar-refractivity contribution in [2.75, 3.05) is 7.11 Å². The minimum absolute atomic E-state index is 0.341. The van der Waals surface area contributed by atoms with Crippen molar-refractivity contribution < 1.29 is 9.84 Å². The molecule has 1 rings (SSSR count). The molecule has 0 saturated heterocycles. The summed E-state index contributed by atoms with van der Waals surface area (Å²) in [5.41, 5.74) is 3.25. The highest BCUT2D eigenvalue weighted by Crippen LogP contribution is 2.29. The van der Waals surface area contributed by atoms with Crippen LogP contribution in [-0.4, -0.2) is 12.2 Å². The van der Waals surface area contributed by atoms with Gasteiger partial charge in [-0.05, 0) is 49.1 Å². The molecule has 2 nitrogen and oxygen atoms in total. The molecule has 0 aromatic heterocycles. The molecule has 0 aliphatic carbocycles. The Hall–Kier alpha value is -1.02. The first-order valence-corrected chi connectivity index (χ1v) is 6.93. The van der Waals surface area contributed by atoms with E-state index in [2.05, 4.69) is 13.0 Å². The lowest BCUT2D eigenvalue weighted by Crippen LogP contribution is -2.02. The van der Waals surface area contributed by atoms with Gasteiger partial charge >= 0.3 is 0 Å². The van der Waals surface area contributed by atoms with Crippen LogP contribution in [0.5, 0.6) is 5.75 Å². The highest BCUT2D eigenvalue weighted by Gasteiger charge is 2.12. The highest BCUT2D eigenvalue weighted by molar-refractivity contribution is 5.42. The average molecular weight is 250 g/mol. The van der Waals surface area contributed by atoms with E-state index in [4.69, 9.17) is 4.74 Å². The van der Waals surface area contributed by atoms with Gasteiger partial charge in [0.25, 0.3) is 0 Å². The Bertz CT molecular complexity index is 372. The maximum atomic E-state index is 10.2. The van der Waals surface area contributed by atoms with Crippen molar-refractivity contribution in [2.24, 2.45) is 0 Å². The first kappa shape index (κ1) is 15.0. The van der Waals surface area contributed by atoms with Crippen molar-refractivity contribution in [1.82, 2.24) is 0 Å². The van der Waals surface area contributed by atoms with Gasteiger partial charge in [0.15, 0.2) is 0 Å². The Balaban J connectivity index is 2.67. The number of aryl methyl sites for hydroxylation is 2. The molecular formula is C16H26O2. The molecule has 1 atom stereocenters. The second-order valence-electron chi connectivity index (χ2n) is 5.04. The summed E-state index contributed by atoms with van der Waals surface area (Å²) in [6.45, 7) is 6.26. The largest absolute Gasteiger partial charge is 0.496 e. The molecule has 0 spiro atoms. The van der Waals surface area contributed by atoms with Crippen LogP contribution < -0.4 is 4.74 Å². The standard InChI is InChI=1S/C16H26O2/c1-5-6-7-8-9-15(17)14-10-13(3)16(18-4)11-12(14)2/h10-11,15,17H,5-9H2,1-4H3. The molecule has 1 unspecified atom stereocenters. The van der Waals surface area contributed by atoms with Crippen LogP contribution in [0.15, 0.2) is 12.1 Å². The summed E-state index contributed by atoms with van der Waals surface area (Å²) in [4.78, 5) is 0. The van der Waals surface area contributed by atoms with Crippen LogP contribution >= 0.6 is 0 Å². The van der Waals surface area contributed by atoms with E-state index < -0.39 is 0 Å². The average Bonchev–Trinajstić information content (AvgIpc) is 2.36. The fourth-order valence-electron chi connectivity index (χ4n) is 2.31. The lowest BCUT2D eigenvalue weighted by Gasteiger charge is -2.16. The van der Waals surface area contributed by atoms with E-state index in [1.807, 2.05) is 19.9 Å². The minimum Gasteiger partial charge on any atom is -0.496 e. The zero-order valence-electron chi connectivity index (χ0n) is 12.1. The third-order valence-corrected chi connectivity index (χ3v) is 3.47. The van der Waals surface area contributed by atoms with E-state index in [0.29, 0.717) is 0 Å². The van der Waals surface area contributed by atoms with Crippen LogP contribution in [0.25, 0.3) is 0 Å². The number of benzene rings is 1. The molecule has 102 valence electrons. The Morgan fingerprint density at radius 2 is 1.83 bits per heavy atom. The minimum atomic E-state index is -0.341. The van der Waals surface area contributed by atoms with Gasteiger partial charge in [0.2, 0.25) is 0 Å². The van der Waals surface area contributed by atoms with Gasteiger partial charge in [0, 0.05) is 0 Å². The number of rotatable bonds is 7. The van der Waals surface area contributed by atoms with E-state index in [-0.39, 0.29) is 6.10 Å². The van der Waals surface area contributed by atoms with Crippen LogP contribution in [0.1, 0.15) is 61.8 Å². The SMILES string of the molecule is CCCCCCC(O)c1cc(C)c(OC)cc1C. The summed E-state index contributed by atoms with van der Waals surface area (Å²) >= 11 is 0. The third kappa shape index (κ3) is 4.02. The second kappa shape index (κ2) is 7.42. The topological polar surface area (TPSA) is 29.5 Å². The number of aliphatic hydroxyl groups is 1. The van der Waals surface area contributed by atoms with Crippen molar-refractivity contribution in [3.05, 3.63) is 28.8 Å². The summed E-state index contributed by atoms with van der Waals surface area (Å²) < 4.78 is 5.29. The summed E-state index contributed by atoms with van der Waals surface area (Å²) in [5, 5.41) is 10.2. The number of aliphatic hydroxyl groups excluding tert-OH is 1. The monoisotopic (exact) mass is 250 g/mol. The van der Waals surface area contributed by atoms with Gasteiger partial charge in [0.05, 0.1) is 13.2 Å². The molecule has 0 bridgehead atoms. The predicted octanol–water partition coefficient (Wildman–Crippen LogP) is 4.32. The summed E-state index contributed by atoms with van der Waals surface area (Å²) in [7, 11) is 1.68. The molecule has 2 heteroatoms. The van der Waals surface area contributed by atoms with E-state index >= 15 is 0 Å². The maximum Gasteiger partial charge on any atom is 0.122 e. The van der Waals surface area contributed by atoms with Gasteiger partial charge in [-0.25, -0.2) is 0 Å². The summed E-state index contributed by atoms with van der Waals surface area (Å²) in [6.07, 6.45) is 5.31. The van der Waals surface area contributed by atoms with E-state index in [1.54, 1.807) is 7.11 Å². The number of unbranched alkanes of at least 4 members (excludes halogenated alkanes) is 3. The predicted molar refractivity (Wildman–Crippen MR) is 76.2 cm³/mol. The zero-order valence-corrected chi connectivity index (χ0v) is 12.1. The maximum absolute atomic E-state index is 10.2. The van der Waals surface area contributed by atoms with Crippen molar-refractivity contribution in [3.8, 4) is 5.75 Å². The van der Waals surface area contributed by atoms with Crippen molar-refractivity contribution in [1.29, 1.82) is 0 Å². The quantitative estimate of drug-likeness (QED) is 0.730. The van der Waals surface area contributed by atoms with Gasteiger partial charge in [-0.1, -0.05) is 32.6 Å². The molecule has 0 saturated carbocycles. The Labute approximate surface area is 111 Å².